The van der Waals surface area contributed by atoms with Crippen molar-refractivity contribution < 1.29 is 19.4 Å². The van der Waals surface area contributed by atoms with E-state index >= 15 is 0 Å². The Balaban J connectivity index is 2.75. The summed E-state index contributed by atoms with van der Waals surface area (Å²) in [6.07, 6.45) is -0.413. The molecule has 1 N–H and O–H groups in total. The highest BCUT2D eigenvalue weighted by molar-refractivity contribution is 5.93. The molecule has 0 aliphatic carbocycles. The SMILES string of the molecule is C=C(CC(=O)O)C(=O)OC(C)(C)c1ccccc1. The van der Waals surface area contributed by atoms with Crippen LogP contribution < -0.4 is 0 Å². The van der Waals surface area contributed by atoms with Crippen molar-refractivity contribution in [2.45, 2.75) is 25.9 Å². The van der Waals surface area contributed by atoms with Crippen LogP contribution in [0.1, 0.15) is 25.8 Å². The number of carboxylic acid groups (broad SMARTS) is 1. The highest BCUT2D eigenvalue weighted by Gasteiger charge is 2.26. The third-order valence-corrected chi connectivity index (χ3v) is 2.47. The Morgan fingerprint density at radius 3 is 2.33 bits per heavy atom. The number of hydrogen-bond donors (Lipinski definition) is 1. The second-order valence-corrected chi connectivity index (χ2v) is 4.44. The number of rotatable bonds is 5. The molecule has 1 rings (SSSR count). The van der Waals surface area contributed by atoms with Crippen LogP contribution >= 0.6 is 0 Å². The minimum absolute atomic E-state index is 0.0634. The van der Waals surface area contributed by atoms with E-state index < -0.39 is 24.0 Å². The molecule has 4 nitrogen and oxygen atoms in total. The normalized spacial score (nSPS) is 10.8. The first kappa shape index (κ1) is 14.0. The van der Waals surface area contributed by atoms with Gasteiger partial charge < -0.3 is 9.84 Å². The first-order chi connectivity index (χ1) is 8.33. The van der Waals surface area contributed by atoms with E-state index in [4.69, 9.17) is 9.84 Å². The molecule has 0 aliphatic rings. The number of aliphatic carboxylic acids is 1. The van der Waals surface area contributed by atoms with Crippen LogP contribution in [0.2, 0.25) is 0 Å². The average molecular weight is 248 g/mol. The van der Waals surface area contributed by atoms with Crippen molar-refractivity contribution in [1.29, 1.82) is 0 Å². The van der Waals surface area contributed by atoms with Crippen molar-refractivity contribution in [2.75, 3.05) is 0 Å². The maximum Gasteiger partial charge on any atom is 0.334 e. The van der Waals surface area contributed by atoms with Gasteiger partial charge in [-0.25, -0.2) is 4.79 Å². The molecule has 0 saturated heterocycles. The number of ether oxygens (including phenoxy) is 1. The summed E-state index contributed by atoms with van der Waals surface area (Å²) in [5.74, 6) is -1.79. The lowest BCUT2D eigenvalue weighted by molar-refractivity contribution is -0.154. The molecule has 0 atom stereocenters. The first-order valence-corrected chi connectivity index (χ1v) is 5.51. The molecule has 0 aliphatic heterocycles. The summed E-state index contributed by atoms with van der Waals surface area (Å²) < 4.78 is 5.28. The Labute approximate surface area is 106 Å². The van der Waals surface area contributed by atoms with Gasteiger partial charge in [-0.15, -0.1) is 0 Å². The molecule has 0 spiro atoms. The van der Waals surface area contributed by atoms with Gasteiger partial charge in [0.1, 0.15) is 5.60 Å². The van der Waals surface area contributed by atoms with Crippen LogP contribution in [-0.4, -0.2) is 17.0 Å². The Morgan fingerprint density at radius 1 is 1.28 bits per heavy atom. The zero-order valence-electron chi connectivity index (χ0n) is 10.5. The summed E-state index contributed by atoms with van der Waals surface area (Å²) >= 11 is 0. The second kappa shape index (κ2) is 5.49. The zero-order chi connectivity index (χ0) is 13.8. The number of carbonyl (C=O) groups is 2. The monoisotopic (exact) mass is 248 g/mol. The summed E-state index contributed by atoms with van der Waals surface area (Å²) in [5.41, 5.74) is -0.0484. The van der Waals surface area contributed by atoms with Gasteiger partial charge in [0.2, 0.25) is 0 Å². The molecule has 1 aromatic carbocycles. The Bertz CT molecular complexity index is 460. The average Bonchev–Trinajstić information content (AvgIpc) is 2.28. The van der Waals surface area contributed by atoms with Crippen LogP contribution in [0.25, 0.3) is 0 Å². The Morgan fingerprint density at radius 2 is 1.83 bits per heavy atom. The van der Waals surface area contributed by atoms with E-state index in [-0.39, 0.29) is 5.57 Å². The lowest BCUT2D eigenvalue weighted by atomic mass is 9.98. The van der Waals surface area contributed by atoms with E-state index in [0.717, 1.165) is 5.56 Å². The molecule has 0 fully saturated rings. The maximum absolute atomic E-state index is 11.7. The Kier molecular flexibility index (Phi) is 4.26. The van der Waals surface area contributed by atoms with E-state index in [0.29, 0.717) is 0 Å². The number of hydrogen-bond acceptors (Lipinski definition) is 3. The van der Waals surface area contributed by atoms with Crippen molar-refractivity contribution in [2.24, 2.45) is 0 Å². The van der Waals surface area contributed by atoms with Gasteiger partial charge in [0.15, 0.2) is 0 Å². The topological polar surface area (TPSA) is 63.6 Å². The van der Waals surface area contributed by atoms with Crippen LogP contribution in [0.15, 0.2) is 42.5 Å². The summed E-state index contributed by atoms with van der Waals surface area (Å²) in [6, 6.07) is 9.24. The van der Waals surface area contributed by atoms with Crippen LogP contribution in [0.5, 0.6) is 0 Å². The Hall–Kier alpha value is -2.10. The summed E-state index contributed by atoms with van der Waals surface area (Å²) in [5, 5.41) is 8.58. The molecule has 96 valence electrons. The zero-order valence-corrected chi connectivity index (χ0v) is 10.5. The van der Waals surface area contributed by atoms with Crippen molar-refractivity contribution in [3.8, 4) is 0 Å². The van der Waals surface area contributed by atoms with E-state index in [1.165, 1.54) is 0 Å². The van der Waals surface area contributed by atoms with Gasteiger partial charge in [-0.1, -0.05) is 36.9 Å². The maximum atomic E-state index is 11.7. The first-order valence-electron chi connectivity index (χ1n) is 5.51. The summed E-state index contributed by atoms with van der Waals surface area (Å²) in [7, 11) is 0. The fourth-order valence-electron chi connectivity index (χ4n) is 1.46. The van der Waals surface area contributed by atoms with Crippen LogP contribution in [0, 0.1) is 0 Å². The molecule has 4 heteroatoms. The predicted molar refractivity (Wildman–Crippen MR) is 67.0 cm³/mol. The molecule has 18 heavy (non-hydrogen) atoms. The third-order valence-electron chi connectivity index (χ3n) is 2.47. The molecule has 0 aromatic heterocycles. The molecule has 0 unspecified atom stereocenters. The van der Waals surface area contributed by atoms with Gasteiger partial charge in [-0.05, 0) is 19.4 Å². The highest BCUT2D eigenvalue weighted by atomic mass is 16.6. The number of carbonyl (C=O) groups excluding carboxylic acids is 1. The van der Waals surface area contributed by atoms with Gasteiger partial charge >= 0.3 is 11.9 Å². The summed E-state index contributed by atoms with van der Waals surface area (Å²) in [6.45, 7) is 6.91. The lowest BCUT2D eigenvalue weighted by Gasteiger charge is -2.25. The highest BCUT2D eigenvalue weighted by Crippen LogP contribution is 2.25. The number of benzene rings is 1. The predicted octanol–water partition coefficient (Wildman–Crippen LogP) is 2.50. The number of esters is 1. The van der Waals surface area contributed by atoms with E-state index in [9.17, 15) is 9.59 Å². The van der Waals surface area contributed by atoms with Gasteiger partial charge in [-0.3, -0.25) is 4.79 Å². The second-order valence-electron chi connectivity index (χ2n) is 4.44. The largest absolute Gasteiger partial charge is 0.481 e. The standard InChI is InChI=1S/C14H16O4/c1-10(9-12(15)16)13(17)18-14(2,3)11-7-5-4-6-8-11/h4-8H,1,9H2,2-3H3,(H,15,16). The van der Waals surface area contributed by atoms with Gasteiger partial charge in [0.25, 0.3) is 0 Å². The van der Waals surface area contributed by atoms with E-state index in [1.54, 1.807) is 13.8 Å². The van der Waals surface area contributed by atoms with Crippen molar-refractivity contribution in [1.82, 2.24) is 0 Å². The molecule has 0 saturated carbocycles. The minimum Gasteiger partial charge on any atom is -0.481 e. The molecular formula is C14H16O4. The fourth-order valence-corrected chi connectivity index (χ4v) is 1.46. The van der Waals surface area contributed by atoms with E-state index in [1.807, 2.05) is 30.3 Å². The molecule has 0 bridgehead atoms. The molecule has 0 amide bonds. The summed E-state index contributed by atoms with van der Waals surface area (Å²) in [4.78, 5) is 22.2. The van der Waals surface area contributed by atoms with Gasteiger partial charge in [-0.2, -0.15) is 0 Å². The molecule has 1 aromatic rings. The van der Waals surface area contributed by atoms with E-state index in [2.05, 4.69) is 6.58 Å². The van der Waals surface area contributed by atoms with Crippen molar-refractivity contribution in [3.05, 3.63) is 48.0 Å². The lowest BCUT2D eigenvalue weighted by Crippen LogP contribution is -2.26. The third kappa shape index (κ3) is 3.73. The van der Waals surface area contributed by atoms with Gasteiger partial charge in [0, 0.05) is 5.57 Å². The van der Waals surface area contributed by atoms with Crippen molar-refractivity contribution in [3.63, 3.8) is 0 Å². The molecular weight excluding hydrogens is 232 g/mol. The van der Waals surface area contributed by atoms with Gasteiger partial charge in [0.05, 0.1) is 6.42 Å². The molecule has 0 heterocycles. The van der Waals surface area contributed by atoms with Crippen LogP contribution in [0.4, 0.5) is 0 Å². The fraction of sp³-hybridized carbons (Fsp3) is 0.286. The van der Waals surface area contributed by atoms with Crippen LogP contribution in [0.3, 0.4) is 0 Å². The number of carboxylic acids is 1. The minimum atomic E-state index is -1.10. The molecule has 0 radical (unpaired) electrons. The quantitative estimate of drug-likeness (QED) is 0.642. The van der Waals surface area contributed by atoms with Crippen molar-refractivity contribution >= 4 is 11.9 Å². The van der Waals surface area contributed by atoms with Crippen LogP contribution in [-0.2, 0) is 19.9 Å². The smallest absolute Gasteiger partial charge is 0.334 e.